The molecule has 2 aromatic heterocycles. The zero-order valence-electron chi connectivity index (χ0n) is 9.65. The number of aromatic amines is 1. The summed E-state index contributed by atoms with van der Waals surface area (Å²) in [5.41, 5.74) is 3.21. The molecule has 0 bridgehead atoms. The number of rotatable bonds is 3. The van der Waals surface area contributed by atoms with Crippen LogP contribution < -0.4 is 5.32 Å². The lowest BCUT2D eigenvalue weighted by atomic mass is 10.2. The number of H-pyrrole nitrogens is 1. The first-order valence-electron chi connectivity index (χ1n) is 5.74. The van der Waals surface area contributed by atoms with Crippen molar-refractivity contribution in [1.29, 1.82) is 0 Å². The fourth-order valence-corrected chi connectivity index (χ4v) is 2.17. The first kappa shape index (κ1) is 11.1. The van der Waals surface area contributed by atoms with Crippen molar-refractivity contribution in [3.8, 4) is 0 Å². The van der Waals surface area contributed by atoms with Crippen LogP contribution >= 0.6 is 11.6 Å². The summed E-state index contributed by atoms with van der Waals surface area (Å²) in [5.74, 6) is 0. The van der Waals surface area contributed by atoms with Gasteiger partial charge in [-0.2, -0.15) is 0 Å². The second kappa shape index (κ2) is 4.70. The molecule has 0 spiro atoms. The van der Waals surface area contributed by atoms with E-state index in [4.69, 9.17) is 11.6 Å². The van der Waals surface area contributed by atoms with Gasteiger partial charge in [-0.1, -0.05) is 29.8 Å². The van der Waals surface area contributed by atoms with Crippen LogP contribution in [0.5, 0.6) is 0 Å². The average molecular weight is 258 g/mol. The van der Waals surface area contributed by atoms with Gasteiger partial charge in [0, 0.05) is 29.8 Å². The van der Waals surface area contributed by atoms with Crippen molar-refractivity contribution in [3.05, 3.63) is 59.5 Å². The molecule has 0 unspecified atom stereocenters. The molecular weight excluding hydrogens is 246 g/mol. The maximum Gasteiger partial charge on any atom is 0.152 e. The lowest BCUT2D eigenvalue weighted by Gasteiger charge is -2.06. The Kier molecular flexibility index (Phi) is 2.90. The van der Waals surface area contributed by atoms with Crippen LogP contribution in [0.15, 0.2) is 48.8 Å². The first-order chi connectivity index (χ1) is 8.84. The number of anilines is 1. The minimum atomic E-state index is 0.498. The van der Waals surface area contributed by atoms with Crippen LogP contribution in [0.4, 0.5) is 5.69 Å². The van der Waals surface area contributed by atoms with Gasteiger partial charge < -0.3 is 10.3 Å². The Balaban J connectivity index is 1.83. The quantitative estimate of drug-likeness (QED) is 0.700. The van der Waals surface area contributed by atoms with E-state index in [0.29, 0.717) is 5.15 Å². The molecule has 1 aromatic carbocycles. The summed E-state index contributed by atoms with van der Waals surface area (Å²) in [6.45, 7) is 0.718. The number of nitrogens with zero attached hydrogens (tertiary/aromatic N) is 1. The Morgan fingerprint density at radius 2 is 2.06 bits per heavy atom. The third kappa shape index (κ3) is 2.05. The van der Waals surface area contributed by atoms with Crippen LogP contribution in [0.3, 0.4) is 0 Å². The van der Waals surface area contributed by atoms with Crippen molar-refractivity contribution in [1.82, 2.24) is 9.97 Å². The molecular formula is C14H12ClN3. The van der Waals surface area contributed by atoms with E-state index in [1.165, 1.54) is 10.9 Å². The third-order valence-electron chi connectivity index (χ3n) is 2.90. The van der Waals surface area contributed by atoms with E-state index in [9.17, 15) is 0 Å². The summed E-state index contributed by atoms with van der Waals surface area (Å²) in [5, 5.41) is 5.02. The first-order valence-corrected chi connectivity index (χ1v) is 6.12. The number of halogens is 1. The molecule has 3 aromatic rings. The van der Waals surface area contributed by atoms with Gasteiger partial charge in [-0.05, 0) is 23.8 Å². The summed E-state index contributed by atoms with van der Waals surface area (Å²) in [6, 6.07) is 12.0. The highest BCUT2D eigenvalue weighted by molar-refractivity contribution is 6.31. The number of benzene rings is 1. The van der Waals surface area contributed by atoms with Crippen molar-refractivity contribution in [2.24, 2.45) is 0 Å². The van der Waals surface area contributed by atoms with E-state index in [-0.39, 0.29) is 0 Å². The second-order valence-corrected chi connectivity index (χ2v) is 4.41. The van der Waals surface area contributed by atoms with Crippen molar-refractivity contribution < 1.29 is 0 Å². The summed E-state index contributed by atoms with van der Waals surface area (Å²) < 4.78 is 0. The highest BCUT2D eigenvalue weighted by Gasteiger charge is 2.04. The van der Waals surface area contributed by atoms with Crippen LogP contribution in [0.25, 0.3) is 10.9 Å². The minimum absolute atomic E-state index is 0.498. The van der Waals surface area contributed by atoms with Crippen molar-refractivity contribution in [3.63, 3.8) is 0 Å². The van der Waals surface area contributed by atoms with E-state index in [1.807, 2.05) is 30.5 Å². The van der Waals surface area contributed by atoms with Crippen LogP contribution in [-0.2, 0) is 6.54 Å². The maximum absolute atomic E-state index is 6.00. The lowest BCUT2D eigenvalue weighted by molar-refractivity contribution is 1.15. The number of hydrogen-bond donors (Lipinski definition) is 2. The molecule has 2 N–H and O–H groups in total. The van der Waals surface area contributed by atoms with Crippen molar-refractivity contribution in [2.75, 3.05) is 5.32 Å². The molecule has 0 radical (unpaired) electrons. The monoisotopic (exact) mass is 257 g/mol. The molecule has 0 aliphatic carbocycles. The average Bonchev–Trinajstić information content (AvgIpc) is 2.81. The SMILES string of the molecule is Clc1ncccc1NCc1c[nH]c2ccccc12. The number of aromatic nitrogens is 2. The van der Waals surface area contributed by atoms with Gasteiger partial charge >= 0.3 is 0 Å². The Labute approximate surface area is 110 Å². The van der Waals surface area contributed by atoms with Crippen molar-refractivity contribution in [2.45, 2.75) is 6.54 Å². The molecule has 2 heterocycles. The summed E-state index contributed by atoms with van der Waals surface area (Å²) in [7, 11) is 0. The van der Waals surface area contributed by atoms with Crippen LogP contribution in [0.1, 0.15) is 5.56 Å². The van der Waals surface area contributed by atoms with Crippen LogP contribution in [0, 0.1) is 0 Å². The van der Waals surface area contributed by atoms with E-state index >= 15 is 0 Å². The molecule has 18 heavy (non-hydrogen) atoms. The topological polar surface area (TPSA) is 40.7 Å². The van der Waals surface area contributed by atoms with Gasteiger partial charge in [0.15, 0.2) is 5.15 Å². The molecule has 90 valence electrons. The molecule has 3 nitrogen and oxygen atoms in total. The standard InChI is InChI=1S/C14H12ClN3/c15-14-13(6-3-7-16-14)18-9-10-8-17-12-5-2-1-4-11(10)12/h1-8,17-18H,9H2. The second-order valence-electron chi connectivity index (χ2n) is 4.05. The molecule has 0 fully saturated rings. The zero-order chi connectivity index (χ0) is 12.4. The molecule has 4 heteroatoms. The fraction of sp³-hybridized carbons (Fsp3) is 0.0714. The van der Waals surface area contributed by atoms with Gasteiger partial charge in [-0.25, -0.2) is 4.98 Å². The fourth-order valence-electron chi connectivity index (χ4n) is 1.99. The molecule has 0 atom stereocenters. The number of pyridine rings is 1. The maximum atomic E-state index is 6.00. The number of para-hydroxylation sites is 1. The Morgan fingerprint density at radius 3 is 2.94 bits per heavy atom. The molecule has 0 aliphatic heterocycles. The molecule has 3 rings (SSSR count). The normalized spacial score (nSPS) is 10.7. The largest absolute Gasteiger partial charge is 0.378 e. The van der Waals surface area contributed by atoms with E-state index in [1.54, 1.807) is 6.20 Å². The van der Waals surface area contributed by atoms with Gasteiger partial charge in [0.1, 0.15) is 0 Å². The smallest absolute Gasteiger partial charge is 0.152 e. The number of nitrogens with one attached hydrogen (secondary N) is 2. The minimum Gasteiger partial charge on any atom is -0.378 e. The van der Waals surface area contributed by atoms with Gasteiger partial charge in [-0.15, -0.1) is 0 Å². The highest BCUT2D eigenvalue weighted by Crippen LogP contribution is 2.21. The summed E-state index contributed by atoms with van der Waals surface area (Å²) in [4.78, 5) is 7.29. The molecule has 0 saturated heterocycles. The highest BCUT2D eigenvalue weighted by atomic mass is 35.5. The summed E-state index contributed by atoms with van der Waals surface area (Å²) >= 11 is 6.00. The Morgan fingerprint density at radius 1 is 1.17 bits per heavy atom. The molecule has 0 aliphatic rings. The van der Waals surface area contributed by atoms with Crippen molar-refractivity contribution >= 4 is 28.2 Å². The van der Waals surface area contributed by atoms with Gasteiger partial charge in [-0.3, -0.25) is 0 Å². The zero-order valence-corrected chi connectivity index (χ0v) is 10.4. The Bertz CT molecular complexity index is 675. The van der Waals surface area contributed by atoms with Gasteiger partial charge in [0.05, 0.1) is 5.69 Å². The number of fused-ring (bicyclic) bond motifs is 1. The van der Waals surface area contributed by atoms with Crippen LogP contribution in [0.2, 0.25) is 5.15 Å². The summed E-state index contributed by atoms with van der Waals surface area (Å²) in [6.07, 6.45) is 3.70. The van der Waals surface area contributed by atoms with Crippen LogP contribution in [-0.4, -0.2) is 9.97 Å². The predicted octanol–water partition coefficient (Wildman–Crippen LogP) is 3.83. The third-order valence-corrected chi connectivity index (χ3v) is 3.20. The number of hydrogen-bond acceptors (Lipinski definition) is 2. The Hall–Kier alpha value is -2.00. The lowest BCUT2D eigenvalue weighted by Crippen LogP contribution is -1.99. The van der Waals surface area contributed by atoms with E-state index in [2.05, 4.69) is 27.4 Å². The van der Waals surface area contributed by atoms with Gasteiger partial charge in [0.2, 0.25) is 0 Å². The van der Waals surface area contributed by atoms with Gasteiger partial charge in [0.25, 0.3) is 0 Å². The molecule has 0 amide bonds. The van der Waals surface area contributed by atoms with E-state index < -0.39 is 0 Å². The predicted molar refractivity (Wildman–Crippen MR) is 74.9 cm³/mol. The van der Waals surface area contributed by atoms with E-state index in [0.717, 1.165) is 17.7 Å². The molecule has 0 saturated carbocycles.